The van der Waals surface area contributed by atoms with Crippen molar-refractivity contribution in [3.8, 4) is 0 Å². The average molecular weight is 458 g/mol. The standard InChI is InChI=1S/C23H17Cl2NO3S/c1-13-5-6-15(10-14(13)2)20-21(30-12-17-4-3-9-29-17)23(28)26(22(20)27)16-7-8-18(24)19(25)11-16/h3-11H,12H2,1-2H3. The van der Waals surface area contributed by atoms with Crippen LogP contribution >= 0.6 is 35.0 Å². The molecular weight excluding hydrogens is 441 g/mol. The number of imide groups is 1. The zero-order chi connectivity index (χ0) is 21.4. The number of furan rings is 1. The Kier molecular flexibility index (Phi) is 5.78. The van der Waals surface area contributed by atoms with Crippen molar-refractivity contribution < 1.29 is 14.0 Å². The molecule has 1 aliphatic rings. The van der Waals surface area contributed by atoms with Crippen molar-refractivity contribution in [2.45, 2.75) is 19.6 Å². The molecule has 0 aliphatic carbocycles. The first-order valence-corrected chi connectivity index (χ1v) is 10.9. The Morgan fingerprint density at radius 3 is 2.40 bits per heavy atom. The Bertz CT molecular complexity index is 1190. The molecule has 1 aliphatic heterocycles. The van der Waals surface area contributed by atoms with Crippen LogP contribution in [0.1, 0.15) is 22.5 Å². The van der Waals surface area contributed by atoms with Crippen molar-refractivity contribution in [2.24, 2.45) is 0 Å². The molecule has 0 saturated heterocycles. The number of nitrogens with zero attached hydrogens (tertiary/aromatic N) is 1. The van der Waals surface area contributed by atoms with Gasteiger partial charge in [-0.2, -0.15) is 0 Å². The second kappa shape index (κ2) is 8.34. The van der Waals surface area contributed by atoms with Crippen molar-refractivity contribution in [1.82, 2.24) is 0 Å². The maximum atomic E-state index is 13.4. The van der Waals surface area contributed by atoms with E-state index in [1.54, 1.807) is 24.5 Å². The van der Waals surface area contributed by atoms with E-state index in [1.807, 2.05) is 38.1 Å². The summed E-state index contributed by atoms with van der Waals surface area (Å²) in [6.07, 6.45) is 1.58. The van der Waals surface area contributed by atoms with E-state index in [-0.39, 0.29) is 16.8 Å². The topological polar surface area (TPSA) is 50.5 Å². The van der Waals surface area contributed by atoms with Gasteiger partial charge in [-0.3, -0.25) is 9.59 Å². The lowest BCUT2D eigenvalue weighted by atomic mass is 10.0. The number of thioether (sulfide) groups is 1. The number of anilines is 1. The first-order chi connectivity index (χ1) is 14.4. The van der Waals surface area contributed by atoms with Crippen LogP contribution in [-0.2, 0) is 15.3 Å². The van der Waals surface area contributed by atoms with Gasteiger partial charge in [0, 0.05) is 0 Å². The highest BCUT2D eigenvalue weighted by Gasteiger charge is 2.40. The number of hydrogen-bond acceptors (Lipinski definition) is 4. The third kappa shape index (κ3) is 3.81. The fraction of sp³-hybridized carbons (Fsp3) is 0.130. The maximum absolute atomic E-state index is 13.4. The summed E-state index contributed by atoms with van der Waals surface area (Å²) in [6.45, 7) is 3.98. The summed E-state index contributed by atoms with van der Waals surface area (Å²) in [5.41, 5.74) is 3.63. The molecule has 152 valence electrons. The highest BCUT2D eigenvalue weighted by Crippen LogP contribution is 2.41. The maximum Gasteiger partial charge on any atom is 0.272 e. The van der Waals surface area contributed by atoms with Gasteiger partial charge in [-0.1, -0.05) is 41.4 Å². The predicted molar refractivity (Wildman–Crippen MR) is 122 cm³/mol. The minimum absolute atomic E-state index is 0.277. The van der Waals surface area contributed by atoms with Gasteiger partial charge in [-0.15, -0.1) is 11.8 Å². The van der Waals surface area contributed by atoms with Crippen molar-refractivity contribution in [3.63, 3.8) is 0 Å². The van der Waals surface area contributed by atoms with Gasteiger partial charge >= 0.3 is 0 Å². The smallest absolute Gasteiger partial charge is 0.272 e. The van der Waals surface area contributed by atoms with Crippen LogP contribution in [0.15, 0.2) is 64.1 Å². The number of hydrogen-bond donors (Lipinski definition) is 0. The molecule has 0 fully saturated rings. The third-order valence-electron chi connectivity index (χ3n) is 4.94. The minimum Gasteiger partial charge on any atom is -0.468 e. The summed E-state index contributed by atoms with van der Waals surface area (Å²) < 4.78 is 5.39. The lowest BCUT2D eigenvalue weighted by Crippen LogP contribution is -2.31. The fourth-order valence-corrected chi connectivity index (χ4v) is 4.50. The molecule has 0 spiro atoms. The molecule has 0 N–H and O–H groups in total. The average Bonchev–Trinajstić information content (AvgIpc) is 3.31. The molecule has 0 saturated carbocycles. The van der Waals surface area contributed by atoms with E-state index in [9.17, 15) is 9.59 Å². The minimum atomic E-state index is -0.386. The van der Waals surface area contributed by atoms with Gasteiger partial charge in [-0.25, -0.2) is 4.90 Å². The SMILES string of the molecule is Cc1ccc(C2=C(SCc3ccco3)C(=O)N(c3ccc(Cl)c(Cl)c3)C2=O)cc1C. The summed E-state index contributed by atoms with van der Waals surface area (Å²) in [5.74, 6) is 0.386. The molecule has 2 heterocycles. The van der Waals surface area contributed by atoms with Crippen LogP contribution in [0.2, 0.25) is 10.0 Å². The monoisotopic (exact) mass is 457 g/mol. The Morgan fingerprint density at radius 2 is 1.73 bits per heavy atom. The van der Waals surface area contributed by atoms with Crippen LogP contribution in [0.5, 0.6) is 0 Å². The lowest BCUT2D eigenvalue weighted by molar-refractivity contribution is -0.119. The largest absolute Gasteiger partial charge is 0.468 e. The van der Waals surface area contributed by atoms with Crippen LogP contribution in [-0.4, -0.2) is 11.8 Å². The summed E-state index contributed by atoms with van der Waals surface area (Å²) in [4.78, 5) is 28.3. The Morgan fingerprint density at radius 1 is 0.933 bits per heavy atom. The Labute approximate surface area is 188 Å². The van der Waals surface area contributed by atoms with E-state index in [0.717, 1.165) is 21.8 Å². The van der Waals surface area contributed by atoms with Gasteiger partial charge in [0.05, 0.1) is 38.2 Å². The number of carbonyl (C=O) groups excluding carboxylic acids is 2. The number of aryl methyl sites for hydroxylation is 2. The van der Waals surface area contributed by atoms with Crippen LogP contribution in [0, 0.1) is 13.8 Å². The molecule has 3 aromatic rings. The molecule has 0 unspecified atom stereocenters. The van der Waals surface area contributed by atoms with E-state index < -0.39 is 0 Å². The normalized spacial score (nSPS) is 14.2. The number of halogens is 2. The van der Waals surface area contributed by atoms with Crippen molar-refractivity contribution in [2.75, 3.05) is 4.90 Å². The summed E-state index contributed by atoms with van der Waals surface area (Å²) in [7, 11) is 0. The van der Waals surface area contributed by atoms with E-state index in [4.69, 9.17) is 27.6 Å². The van der Waals surface area contributed by atoms with Crippen LogP contribution < -0.4 is 4.90 Å². The molecule has 0 atom stereocenters. The van der Waals surface area contributed by atoms with Crippen molar-refractivity contribution in [1.29, 1.82) is 0 Å². The van der Waals surface area contributed by atoms with Crippen molar-refractivity contribution in [3.05, 3.63) is 92.2 Å². The van der Waals surface area contributed by atoms with Crippen LogP contribution in [0.3, 0.4) is 0 Å². The predicted octanol–water partition coefficient (Wildman–Crippen LogP) is 6.42. The molecule has 0 bridgehead atoms. The molecule has 7 heteroatoms. The number of carbonyl (C=O) groups is 2. The molecular formula is C23H17Cl2NO3S. The molecule has 1 aromatic heterocycles. The Hall–Kier alpha value is -2.47. The van der Waals surface area contributed by atoms with Crippen LogP contribution in [0.25, 0.3) is 5.57 Å². The van der Waals surface area contributed by atoms with Gasteiger partial charge in [0.1, 0.15) is 5.76 Å². The summed E-state index contributed by atoms with van der Waals surface area (Å²) in [5, 5.41) is 0.633. The highest BCUT2D eigenvalue weighted by atomic mass is 35.5. The number of rotatable bonds is 5. The van der Waals surface area contributed by atoms with E-state index >= 15 is 0 Å². The highest BCUT2D eigenvalue weighted by molar-refractivity contribution is 8.03. The first-order valence-electron chi connectivity index (χ1n) is 9.17. The van der Waals surface area contributed by atoms with Gasteiger partial charge < -0.3 is 4.42 Å². The summed E-state index contributed by atoms with van der Waals surface area (Å²) >= 11 is 13.4. The van der Waals surface area contributed by atoms with Gasteiger partial charge in [0.2, 0.25) is 0 Å². The third-order valence-corrected chi connectivity index (χ3v) is 6.77. The molecule has 2 amide bonds. The molecule has 2 aromatic carbocycles. The zero-order valence-electron chi connectivity index (χ0n) is 16.2. The number of benzene rings is 2. The molecule has 4 nitrogen and oxygen atoms in total. The summed E-state index contributed by atoms with van der Waals surface area (Å²) in [6, 6.07) is 14.1. The van der Waals surface area contributed by atoms with Crippen molar-refractivity contribution >= 4 is 58.0 Å². The lowest BCUT2D eigenvalue weighted by Gasteiger charge is -2.16. The molecule has 30 heavy (non-hydrogen) atoms. The van der Waals surface area contributed by atoms with E-state index in [2.05, 4.69) is 0 Å². The van der Waals surface area contributed by atoms with Crippen LogP contribution in [0.4, 0.5) is 5.69 Å². The second-order valence-electron chi connectivity index (χ2n) is 6.92. The number of amides is 2. The van der Waals surface area contributed by atoms with Gasteiger partial charge in [0.25, 0.3) is 11.8 Å². The second-order valence-corrected chi connectivity index (χ2v) is 8.72. The molecule has 0 radical (unpaired) electrons. The fourth-order valence-electron chi connectivity index (χ4n) is 3.19. The Balaban J connectivity index is 1.78. The van der Waals surface area contributed by atoms with E-state index in [0.29, 0.717) is 32.5 Å². The zero-order valence-corrected chi connectivity index (χ0v) is 18.6. The van der Waals surface area contributed by atoms with E-state index in [1.165, 1.54) is 17.8 Å². The molecule has 4 rings (SSSR count). The van der Waals surface area contributed by atoms with Gasteiger partial charge in [0.15, 0.2) is 0 Å². The first kappa shape index (κ1) is 20.8. The van der Waals surface area contributed by atoms with Gasteiger partial charge in [-0.05, 0) is 60.9 Å². The quantitative estimate of drug-likeness (QED) is 0.414.